The van der Waals surface area contributed by atoms with Crippen molar-refractivity contribution in [3.63, 3.8) is 0 Å². The summed E-state index contributed by atoms with van der Waals surface area (Å²) in [4.78, 5) is 25.2. The number of nitro groups is 1. The number of amides is 1. The molecule has 1 unspecified atom stereocenters. The largest absolute Gasteiger partial charge is 0.379 e. The number of nitrogens with one attached hydrogen (secondary N) is 1. The average Bonchev–Trinajstić information content (AvgIpc) is 2.55. The fraction of sp³-hybridized carbons (Fsp3) is 0.562. The summed E-state index contributed by atoms with van der Waals surface area (Å²) in [5.41, 5.74) is -0.263. The Morgan fingerprint density at radius 1 is 1.42 bits per heavy atom. The van der Waals surface area contributed by atoms with Crippen LogP contribution in [-0.2, 0) is 4.74 Å². The molecule has 1 aromatic carbocycles. The first-order valence-electron chi connectivity index (χ1n) is 7.94. The summed E-state index contributed by atoms with van der Waals surface area (Å²) in [7, 11) is 0. The highest BCUT2D eigenvalue weighted by Crippen LogP contribution is 2.22. The van der Waals surface area contributed by atoms with Crippen LogP contribution in [0.5, 0.6) is 0 Å². The molecule has 24 heavy (non-hydrogen) atoms. The molecule has 0 bridgehead atoms. The molecule has 0 aromatic heterocycles. The summed E-state index contributed by atoms with van der Waals surface area (Å²) in [6.07, 6.45) is 0. The molecule has 1 atom stereocenters. The Bertz CT molecular complexity index is 603. The fourth-order valence-corrected chi connectivity index (χ4v) is 3.01. The van der Waals surface area contributed by atoms with Gasteiger partial charge in [-0.05, 0) is 18.1 Å². The quantitative estimate of drug-likeness (QED) is 0.625. The highest BCUT2D eigenvalue weighted by molar-refractivity contribution is 6.31. The van der Waals surface area contributed by atoms with Crippen molar-refractivity contribution in [2.45, 2.75) is 19.9 Å². The molecule has 2 rings (SSSR count). The van der Waals surface area contributed by atoms with E-state index in [-0.39, 0.29) is 17.3 Å². The molecule has 1 fully saturated rings. The van der Waals surface area contributed by atoms with Crippen molar-refractivity contribution in [3.8, 4) is 0 Å². The minimum atomic E-state index is -0.576. The maximum atomic E-state index is 12.4. The van der Waals surface area contributed by atoms with E-state index in [2.05, 4.69) is 24.1 Å². The summed E-state index contributed by atoms with van der Waals surface area (Å²) in [5, 5.41) is 14.2. The normalized spacial score (nSPS) is 16.8. The van der Waals surface area contributed by atoms with Gasteiger partial charge in [0.15, 0.2) is 0 Å². The zero-order valence-electron chi connectivity index (χ0n) is 13.8. The van der Waals surface area contributed by atoms with Gasteiger partial charge in [-0.2, -0.15) is 0 Å². The Kier molecular flexibility index (Phi) is 6.53. The van der Waals surface area contributed by atoms with Gasteiger partial charge in [0.05, 0.1) is 18.1 Å². The van der Waals surface area contributed by atoms with Gasteiger partial charge in [-0.15, -0.1) is 0 Å². The molecule has 7 nitrogen and oxygen atoms in total. The van der Waals surface area contributed by atoms with Crippen LogP contribution in [0.25, 0.3) is 0 Å². The maximum absolute atomic E-state index is 12.4. The Morgan fingerprint density at radius 3 is 2.67 bits per heavy atom. The Morgan fingerprint density at radius 2 is 2.08 bits per heavy atom. The second kappa shape index (κ2) is 8.41. The van der Waals surface area contributed by atoms with Gasteiger partial charge in [0.1, 0.15) is 5.56 Å². The van der Waals surface area contributed by atoms with Crippen molar-refractivity contribution in [1.82, 2.24) is 10.2 Å². The first kappa shape index (κ1) is 18.6. The smallest absolute Gasteiger partial charge is 0.282 e. The van der Waals surface area contributed by atoms with Gasteiger partial charge in [0, 0.05) is 36.8 Å². The minimum absolute atomic E-state index is 0.0167. The summed E-state index contributed by atoms with van der Waals surface area (Å²) in [6, 6.07) is 4.13. The molecule has 1 aromatic rings. The van der Waals surface area contributed by atoms with Gasteiger partial charge in [0.25, 0.3) is 11.6 Å². The van der Waals surface area contributed by atoms with Crippen LogP contribution in [-0.4, -0.2) is 54.6 Å². The number of halogens is 1. The summed E-state index contributed by atoms with van der Waals surface area (Å²) >= 11 is 5.88. The number of nitrogens with zero attached hydrogens (tertiary/aromatic N) is 2. The molecular weight excluding hydrogens is 334 g/mol. The van der Waals surface area contributed by atoms with E-state index in [0.29, 0.717) is 30.7 Å². The maximum Gasteiger partial charge on any atom is 0.282 e. The van der Waals surface area contributed by atoms with Gasteiger partial charge < -0.3 is 10.1 Å². The molecule has 0 saturated carbocycles. The van der Waals surface area contributed by atoms with Crippen molar-refractivity contribution >= 4 is 23.2 Å². The zero-order chi connectivity index (χ0) is 17.7. The standard InChI is InChI=1S/C16H22ClN3O4/c1-11(2)15(19-5-7-24-8-6-19)10-18-16(21)13-9-12(17)3-4-14(13)20(22)23/h3-4,9,11,15H,5-8,10H2,1-2H3,(H,18,21). The number of rotatable bonds is 6. The fourth-order valence-electron chi connectivity index (χ4n) is 2.84. The molecule has 0 spiro atoms. The Balaban J connectivity index is 2.08. The van der Waals surface area contributed by atoms with Crippen LogP contribution >= 0.6 is 11.6 Å². The predicted octanol–water partition coefficient (Wildman–Crippen LogP) is 2.33. The van der Waals surface area contributed by atoms with Crippen molar-refractivity contribution in [3.05, 3.63) is 38.9 Å². The lowest BCUT2D eigenvalue weighted by Crippen LogP contribution is -2.51. The van der Waals surface area contributed by atoms with Crippen molar-refractivity contribution < 1.29 is 14.5 Å². The molecule has 132 valence electrons. The van der Waals surface area contributed by atoms with Crippen molar-refractivity contribution in [1.29, 1.82) is 0 Å². The molecule has 0 aliphatic carbocycles. The third-order valence-corrected chi connectivity index (χ3v) is 4.39. The molecule has 1 N–H and O–H groups in total. The summed E-state index contributed by atoms with van der Waals surface area (Å²) < 4.78 is 5.36. The molecule has 1 aliphatic rings. The van der Waals surface area contributed by atoms with Crippen molar-refractivity contribution in [2.24, 2.45) is 5.92 Å². The Hall–Kier alpha value is -1.70. The number of nitro benzene ring substituents is 1. The zero-order valence-corrected chi connectivity index (χ0v) is 14.6. The number of ether oxygens (including phenoxy) is 1. The van der Waals surface area contributed by atoms with Gasteiger partial charge in [0.2, 0.25) is 0 Å². The van der Waals surface area contributed by atoms with Gasteiger partial charge in [-0.25, -0.2) is 0 Å². The number of carbonyl (C=O) groups is 1. The average molecular weight is 356 g/mol. The molecule has 8 heteroatoms. The van der Waals surface area contributed by atoms with Crippen LogP contribution in [0, 0.1) is 16.0 Å². The van der Waals surface area contributed by atoms with E-state index in [9.17, 15) is 14.9 Å². The number of morpholine rings is 1. The monoisotopic (exact) mass is 355 g/mol. The second-order valence-corrected chi connectivity index (χ2v) is 6.52. The number of hydrogen-bond donors (Lipinski definition) is 1. The van der Waals surface area contributed by atoms with Gasteiger partial charge in [-0.1, -0.05) is 25.4 Å². The van der Waals surface area contributed by atoms with E-state index in [0.717, 1.165) is 13.1 Å². The molecule has 1 saturated heterocycles. The molecule has 1 amide bonds. The second-order valence-electron chi connectivity index (χ2n) is 6.09. The number of benzene rings is 1. The van der Waals surface area contributed by atoms with Crippen LogP contribution in [0.3, 0.4) is 0 Å². The topological polar surface area (TPSA) is 84.7 Å². The molecular formula is C16H22ClN3O4. The first-order chi connectivity index (χ1) is 11.4. The van der Waals surface area contributed by atoms with Crippen LogP contribution in [0.2, 0.25) is 5.02 Å². The molecule has 1 heterocycles. The van der Waals surface area contributed by atoms with E-state index in [4.69, 9.17) is 16.3 Å². The Labute approximate surface area is 146 Å². The van der Waals surface area contributed by atoms with E-state index in [1.807, 2.05) is 0 Å². The lowest BCUT2D eigenvalue weighted by molar-refractivity contribution is -0.385. The molecule has 1 aliphatic heterocycles. The van der Waals surface area contributed by atoms with Crippen LogP contribution in [0.1, 0.15) is 24.2 Å². The van der Waals surface area contributed by atoms with Crippen LogP contribution in [0.4, 0.5) is 5.69 Å². The third-order valence-electron chi connectivity index (χ3n) is 4.16. The minimum Gasteiger partial charge on any atom is -0.379 e. The summed E-state index contributed by atoms with van der Waals surface area (Å²) in [5.74, 6) is -0.152. The third kappa shape index (κ3) is 4.66. The van der Waals surface area contributed by atoms with E-state index in [1.165, 1.54) is 18.2 Å². The lowest BCUT2D eigenvalue weighted by Gasteiger charge is -2.36. The van der Waals surface area contributed by atoms with Gasteiger partial charge >= 0.3 is 0 Å². The van der Waals surface area contributed by atoms with Crippen LogP contribution in [0.15, 0.2) is 18.2 Å². The van der Waals surface area contributed by atoms with E-state index < -0.39 is 10.8 Å². The summed E-state index contributed by atoms with van der Waals surface area (Å²) in [6.45, 7) is 7.59. The van der Waals surface area contributed by atoms with E-state index in [1.54, 1.807) is 0 Å². The lowest BCUT2D eigenvalue weighted by atomic mass is 10.0. The number of carbonyl (C=O) groups excluding carboxylic acids is 1. The predicted molar refractivity (Wildman–Crippen MR) is 91.5 cm³/mol. The highest BCUT2D eigenvalue weighted by Gasteiger charge is 2.26. The van der Waals surface area contributed by atoms with E-state index >= 15 is 0 Å². The van der Waals surface area contributed by atoms with Crippen molar-refractivity contribution in [2.75, 3.05) is 32.8 Å². The first-order valence-corrected chi connectivity index (χ1v) is 8.32. The SMILES string of the molecule is CC(C)C(CNC(=O)c1cc(Cl)ccc1[N+](=O)[O-])N1CCOCC1. The molecule has 0 radical (unpaired) electrons. The van der Waals surface area contributed by atoms with Gasteiger partial charge in [-0.3, -0.25) is 19.8 Å². The highest BCUT2D eigenvalue weighted by atomic mass is 35.5. The number of hydrogen-bond acceptors (Lipinski definition) is 5. The van der Waals surface area contributed by atoms with Crippen LogP contribution < -0.4 is 5.32 Å².